The van der Waals surface area contributed by atoms with Gasteiger partial charge in [0.2, 0.25) is 0 Å². The van der Waals surface area contributed by atoms with Crippen LogP contribution in [0.1, 0.15) is 45.6 Å². The van der Waals surface area contributed by atoms with Gasteiger partial charge in [0.25, 0.3) is 0 Å². The smallest absolute Gasteiger partial charge is 0.292 e. The Balaban J connectivity index is 2.89. The fourth-order valence-corrected chi connectivity index (χ4v) is 2.72. The SMILES string of the molecule is CCCC/C(=N\OP(=O)(OCC)OCC)c1ccccc1. The Kier molecular flexibility index (Phi) is 8.28. The average Bonchev–Trinajstić information content (AvgIpc) is 2.49. The van der Waals surface area contributed by atoms with E-state index in [2.05, 4.69) is 12.1 Å². The third kappa shape index (κ3) is 6.42. The number of phosphoric ester groups is 1. The van der Waals surface area contributed by atoms with Gasteiger partial charge in [0.15, 0.2) is 0 Å². The molecular formula is C15H24NO4P. The van der Waals surface area contributed by atoms with Gasteiger partial charge in [-0.3, -0.25) is 13.7 Å². The third-order valence-corrected chi connectivity index (χ3v) is 4.13. The number of rotatable bonds is 10. The van der Waals surface area contributed by atoms with Gasteiger partial charge in [-0.25, -0.2) is 4.57 Å². The molecule has 6 heteroatoms. The van der Waals surface area contributed by atoms with Crippen molar-refractivity contribution in [1.82, 2.24) is 0 Å². The van der Waals surface area contributed by atoms with Crippen LogP contribution in [-0.4, -0.2) is 18.9 Å². The summed E-state index contributed by atoms with van der Waals surface area (Å²) in [6.45, 7) is 6.04. The van der Waals surface area contributed by atoms with E-state index in [1.807, 2.05) is 30.3 Å². The highest BCUT2D eigenvalue weighted by Crippen LogP contribution is 2.49. The normalized spacial score (nSPS) is 12.4. The summed E-state index contributed by atoms with van der Waals surface area (Å²) in [5.74, 6) is 0. The highest BCUT2D eigenvalue weighted by atomic mass is 31.2. The first-order valence-corrected chi connectivity index (χ1v) is 8.81. The van der Waals surface area contributed by atoms with Crippen molar-refractivity contribution in [3.8, 4) is 0 Å². The van der Waals surface area contributed by atoms with Gasteiger partial charge in [0.05, 0.1) is 18.9 Å². The highest BCUT2D eigenvalue weighted by Gasteiger charge is 2.27. The second-order valence-corrected chi connectivity index (χ2v) is 5.95. The Morgan fingerprint density at radius 3 is 2.24 bits per heavy atom. The van der Waals surface area contributed by atoms with E-state index in [0.717, 1.165) is 30.5 Å². The number of oxime groups is 1. The van der Waals surface area contributed by atoms with Crippen molar-refractivity contribution >= 4 is 13.5 Å². The molecule has 0 radical (unpaired) electrons. The van der Waals surface area contributed by atoms with Gasteiger partial charge in [-0.15, -0.1) is 0 Å². The number of benzene rings is 1. The summed E-state index contributed by atoms with van der Waals surface area (Å²) in [6, 6.07) is 9.70. The minimum absolute atomic E-state index is 0.239. The second kappa shape index (κ2) is 9.72. The molecule has 0 bridgehead atoms. The number of hydrogen-bond acceptors (Lipinski definition) is 5. The lowest BCUT2D eigenvalue weighted by Crippen LogP contribution is -2.04. The average molecular weight is 313 g/mol. The van der Waals surface area contributed by atoms with Crippen molar-refractivity contribution in [3.63, 3.8) is 0 Å². The largest absolute Gasteiger partial charge is 0.550 e. The number of phosphoric acid groups is 1. The van der Waals surface area contributed by atoms with Crippen LogP contribution in [0.25, 0.3) is 0 Å². The van der Waals surface area contributed by atoms with Crippen molar-refractivity contribution in [3.05, 3.63) is 35.9 Å². The molecule has 0 amide bonds. The maximum atomic E-state index is 12.2. The Labute approximate surface area is 126 Å². The van der Waals surface area contributed by atoms with Gasteiger partial charge in [0.1, 0.15) is 0 Å². The van der Waals surface area contributed by atoms with Crippen molar-refractivity contribution in [1.29, 1.82) is 0 Å². The van der Waals surface area contributed by atoms with Gasteiger partial charge >= 0.3 is 7.82 Å². The summed E-state index contributed by atoms with van der Waals surface area (Å²) < 4.78 is 27.5. The molecule has 0 aliphatic carbocycles. The van der Waals surface area contributed by atoms with Crippen LogP contribution in [0.4, 0.5) is 0 Å². The van der Waals surface area contributed by atoms with Crippen LogP contribution >= 0.6 is 7.82 Å². The fourth-order valence-electron chi connectivity index (χ4n) is 1.72. The first-order chi connectivity index (χ1) is 10.1. The molecule has 0 atom stereocenters. The first-order valence-electron chi connectivity index (χ1n) is 7.35. The van der Waals surface area contributed by atoms with E-state index < -0.39 is 7.82 Å². The Bertz CT molecular complexity index is 466. The zero-order valence-electron chi connectivity index (χ0n) is 12.9. The van der Waals surface area contributed by atoms with Crippen LogP contribution in [-0.2, 0) is 18.2 Å². The van der Waals surface area contributed by atoms with Gasteiger partial charge < -0.3 is 0 Å². The lowest BCUT2D eigenvalue weighted by atomic mass is 10.1. The number of unbranched alkanes of at least 4 members (excludes halogenated alkanes) is 1. The first kappa shape index (κ1) is 17.9. The van der Waals surface area contributed by atoms with Crippen LogP contribution in [0.3, 0.4) is 0 Å². The summed E-state index contributed by atoms with van der Waals surface area (Å²) in [5, 5.41) is 4.04. The van der Waals surface area contributed by atoms with Crippen LogP contribution in [0.15, 0.2) is 35.5 Å². The maximum Gasteiger partial charge on any atom is 0.550 e. The van der Waals surface area contributed by atoms with Gasteiger partial charge in [-0.05, 0) is 32.3 Å². The van der Waals surface area contributed by atoms with E-state index in [9.17, 15) is 4.57 Å². The number of hydrogen-bond donors (Lipinski definition) is 0. The summed E-state index contributed by atoms with van der Waals surface area (Å²) in [7, 11) is -3.61. The van der Waals surface area contributed by atoms with Crippen LogP contribution < -0.4 is 0 Å². The zero-order valence-corrected chi connectivity index (χ0v) is 13.8. The van der Waals surface area contributed by atoms with Gasteiger partial charge in [-0.1, -0.05) is 48.8 Å². The standard InChI is InChI=1S/C15H24NO4P/c1-4-7-13-15(14-11-9-8-10-12-14)16-20-21(17,18-5-2)19-6-3/h8-12H,4-7,13H2,1-3H3/b16-15+. The van der Waals surface area contributed by atoms with Crippen molar-refractivity contribution in [2.75, 3.05) is 13.2 Å². The molecule has 0 fully saturated rings. The van der Waals surface area contributed by atoms with Gasteiger partial charge in [-0.2, -0.15) is 0 Å². The monoisotopic (exact) mass is 313 g/mol. The highest BCUT2D eigenvalue weighted by molar-refractivity contribution is 7.48. The lowest BCUT2D eigenvalue weighted by molar-refractivity contribution is 0.124. The van der Waals surface area contributed by atoms with E-state index in [1.54, 1.807) is 13.8 Å². The summed E-state index contributed by atoms with van der Waals surface area (Å²) in [5.41, 5.74) is 1.70. The molecule has 5 nitrogen and oxygen atoms in total. The van der Waals surface area contributed by atoms with E-state index >= 15 is 0 Å². The minimum Gasteiger partial charge on any atom is -0.292 e. The van der Waals surface area contributed by atoms with Crippen LogP contribution in [0, 0.1) is 0 Å². The minimum atomic E-state index is -3.61. The zero-order chi connectivity index (χ0) is 15.6. The molecule has 21 heavy (non-hydrogen) atoms. The number of nitrogens with zero attached hydrogens (tertiary/aromatic N) is 1. The van der Waals surface area contributed by atoms with Crippen molar-refractivity contribution < 1.29 is 18.2 Å². The molecule has 0 aliphatic rings. The molecule has 0 saturated heterocycles. The summed E-state index contributed by atoms with van der Waals surface area (Å²) >= 11 is 0. The molecule has 1 rings (SSSR count). The molecular weight excluding hydrogens is 289 g/mol. The van der Waals surface area contributed by atoms with Crippen molar-refractivity contribution in [2.24, 2.45) is 5.16 Å². The van der Waals surface area contributed by atoms with E-state index in [1.165, 1.54) is 0 Å². The predicted octanol–water partition coefficient (Wildman–Crippen LogP) is 4.78. The fraction of sp³-hybridized carbons (Fsp3) is 0.533. The van der Waals surface area contributed by atoms with E-state index in [4.69, 9.17) is 13.7 Å². The topological polar surface area (TPSA) is 57.1 Å². The Morgan fingerprint density at radius 1 is 1.10 bits per heavy atom. The maximum absolute atomic E-state index is 12.2. The molecule has 118 valence electrons. The predicted molar refractivity (Wildman–Crippen MR) is 84.4 cm³/mol. The quantitative estimate of drug-likeness (QED) is 0.354. The molecule has 0 aliphatic heterocycles. The summed E-state index contributed by atoms with van der Waals surface area (Å²) in [4.78, 5) is 0. The van der Waals surface area contributed by atoms with Crippen LogP contribution in [0.5, 0.6) is 0 Å². The molecule has 1 aromatic carbocycles. The summed E-state index contributed by atoms with van der Waals surface area (Å²) in [6.07, 6.45) is 2.77. The molecule has 0 heterocycles. The van der Waals surface area contributed by atoms with Crippen LogP contribution in [0.2, 0.25) is 0 Å². The third-order valence-electron chi connectivity index (χ3n) is 2.70. The molecule has 0 aromatic heterocycles. The second-order valence-electron chi connectivity index (χ2n) is 4.37. The Hall–Kier alpha value is -1.16. The Morgan fingerprint density at radius 2 is 1.71 bits per heavy atom. The van der Waals surface area contributed by atoms with Gasteiger partial charge in [0, 0.05) is 0 Å². The molecule has 0 saturated carbocycles. The lowest BCUT2D eigenvalue weighted by Gasteiger charge is -2.14. The van der Waals surface area contributed by atoms with E-state index in [-0.39, 0.29) is 13.2 Å². The van der Waals surface area contributed by atoms with E-state index in [0.29, 0.717) is 0 Å². The molecule has 1 aromatic rings. The molecule has 0 unspecified atom stereocenters. The molecule has 0 spiro atoms. The molecule has 0 N–H and O–H groups in total. The van der Waals surface area contributed by atoms with Crippen molar-refractivity contribution in [2.45, 2.75) is 40.0 Å².